The average Bonchev–Trinajstić information content (AvgIpc) is 2.55. The quantitative estimate of drug-likeness (QED) is 0.833. The summed E-state index contributed by atoms with van der Waals surface area (Å²) >= 11 is 0. The van der Waals surface area contributed by atoms with Crippen LogP contribution >= 0.6 is 0 Å². The van der Waals surface area contributed by atoms with Gasteiger partial charge in [-0.1, -0.05) is 6.92 Å². The minimum atomic E-state index is 0.193. The summed E-state index contributed by atoms with van der Waals surface area (Å²) < 4.78 is 0. The fourth-order valence-corrected chi connectivity index (χ4v) is 2.83. The zero-order valence-corrected chi connectivity index (χ0v) is 12.4. The molecule has 104 valence electrons. The lowest BCUT2D eigenvalue weighted by atomic mass is 9.90. The first-order valence-corrected chi connectivity index (χ1v) is 7.19. The summed E-state index contributed by atoms with van der Waals surface area (Å²) in [4.78, 5) is 16.6. The van der Waals surface area contributed by atoms with E-state index in [2.05, 4.69) is 24.8 Å². The lowest BCUT2D eigenvalue weighted by Crippen LogP contribution is -2.30. The number of hydrogen-bond donors (Lipinski definition) is 0. The number of anilines is 1. The van der Waals surface area contributed by atoms with Crippen molar-refractivity contribution in [2.45, 2.75) is 32.6 Å². The van der Waals surface area contributed by atoms with Gasteiger partial charge in [-0.3, -0.25) is 4.79 Å². The van der Waals surface area contributed by atoms with Gasteiger partial charge in [0.05, 0.1) is 0 Å². The molecule has 1 amide bonds. The maximum Gasteiger partial charge on any atom is 0.254 e. The molecule has 0 saturated carbocycles. The Kier molecular flexibility index (Phi) is 4.13. The van der Waals surface area contributed by atoms with Crippen molar-refractivity contribution in [3.8, 4) is 0 Å². The molecule has 1 aliphatic heterocycles. The lowest BCUT2D eigenvalue weighted by molar-refractivity contribution is 0.0768. The Bertz CT molecular complexity index is 468. The van der Waals surface area contributed by atoms with Crippen molar-refractivity contribution in [3.63, 3.8) is 0 Å². The number of nitrogens with zero attached hydrogens (tertiary/aromatic N) is 2. The number of fused-ring (bicyclic) bond motifs is 1. The van der Waals surface area contributed by atoms with Crippen LogP contribution in [0.2, 0.25) is 0 Å². The molecule has 0 radical (unpaired) electrons. The predicted octanol–water partition coefficient (Wildman–Crippen LogP) is 3.11. The Morgan fingerprint density at radius 1 is 1.32 bits per heavy atom. The number of carbonyl (C=O) groups is 1. The number of hydrogen-bond acceptors (Lipinski definition) is 2. The van der Waals surface area contributed by atoms with Gasteiger partial charge >= 0.3 is 0 Å². The van der Waals surface area contributed by atoms with Crippen molar-refractivity contribution in [2.24, 2.45) is 0 Å². The Labute approximate surface area is 116 Å². The molecule has 1 aromatic carbocycles. The van der Waals surface area contributed by atoms with Crippen LogP contribution in [-0.4, -0.2) is 38.0 Å². The summed E-state index contributed by atoms with van der Waals surface area (Å²) in [6, 6.07) is 6.24. The molecule has 0 N–H and O–H groups in total. The maximum absolute atomic E-state index is 12.5. The van der Waals surface area contributed by atoms with Crippen LogP contribution in [0.15, 0.2) is 18.2 Å². The Morgan fingerprint density at radius 3 is 2.63 bits per heavy atom. The molecule has 1 aliphatic rings. The molecular formula is C16H24N2O. The summed E-state index contributed by atoms with van der Waals surface area (Å²) in [5, 5.41) is 0. The number of amides is 1. The molecule has 0 bridgehead atoms. The molecule has 1 aromatic rings. The second-order valence-corrected chi connectivity index (χ2v) is 5.44. The molecule has 1 atom stereocenters. The van der Waals surface area contributed by atoms with Crippen molar-refractivity contribution in [1.29, 1.82) is 0 Å². The highest BCUT2D eigenvalue weighted by molar-refractivity contribution is 5.96. The Morgan fingerprint density at radius 2 is 2.05 bits per heavy atom. The predicted molar refractivity (Wildman–Crippen MR) is 80.0 cm³/mol. The molecule has 0 aromatic heterocycles. The minimum Gasteiger partial charge on any atom is -0.378 e. The first-order valence-electron chi connectivity index (χ1n) is 7.19. The summed E-state index contributed by atoms with van der Waals surface area (Å²) in [6.07, 6.45) is 2.16. The van der Waals surface area contributed by atoms with E-state index in [-0.39, 0.29) is 5.91 Å². The topological polar surface area (TPSA) is 23.6 Å². The van der Waals surface area contributed by atoms with E-state index in [1.807, 2.05) is 31.1 Å². The van der Waals surface area contributed by atoms with Gasteiger partial charge in [-0.15, -0.1) is 0 Å². The van der Waals surface area contributed by atoms with Crippen LogP contribution in [-0.2, 0) is 0 Å². The second-order valence-electron chi connectivity index (χ2n) is 5.44. The van der Waals surface area contributed by atoms with E-state index < -0.39 is 0 Å². The highest BCUT2D eigenvalue weighted by Gasteiger charge is 2.26. The van der Waals surface area contributed by atoms with Crippen molar-refractivity contribution >= 4 is 11.6 Å². The minimum absolute atomic E-state index is 0.193. The first kappa shape index (κ1) is 13.9. The zero-order valence-electron chi connectivity index (χ0n) is 12.4. The van der Waals surface area contributed by atoms with Crippen molar-refractivity contribution in [1.82, 2.24) is 4.90 Å². The fraction of sp³-hybridized carbons (Fsp3) is 0.562. The van der Waals surface area contributed by atoms with Crippen LogP contribution in [0.25, 0.3) is 0 Å². The summed E-state index contributed by atoms with van der Waals surface area (Å²) in [5.74, 6) is 0.689. The third-order valence-corrected chi connectivity index (χ3v) is 4.13. The van der Waals surface area contributed by atoms with Gasteiger partial charge in [-0.2, -0.15) is 0 Å². The number of rotatable bonds is 3. The molecule has 1 heterocycles. The molecule has 0 fully saturated rings. The van der Waals surface area contributed by atoms with Crippen molar-refractivity contribution in [2.75, 3.05) is 32.1 Å². The molecule has 2 rings (SSSR count). The van der Waals surface area contributed by atoms with E-state index in [0.29, 0.717) is 5.92 Å². The van der Waals surface area contributed by atoms with Crippen LogP contribution in [0.4, 0.5) is 5.69 Å². The highest BCUT2D eigenvalue weighted by Crippen LogP contribution is 2.33. The second kappa shape index (κ2) is 5.64. The van der Waals surface area contributed by atoms with Crippen LogP contribution in [0, 0.1) is 0 Å². The Balaban J connectivity index is 2.50. The number of benzene rings is 1. The van der Waals surface area contributed by atoms with Gasteiger partial charge < -0.3 is 9.80 Å². The van der Waals surface area contributed by atoms with Gasteiger partial charge in [0.25, 0.3) is 5.91 Å². The van der Waals surface area contributed by atoms with Crippen molar-refractivity contribution < 1.29 is 4.79 Å². The van der Waals surface area contributed by atoms with E-state index in [1.54, 1.807) is 0 Å². The summed E-state index contributed by atoms with van der Waals surface area (Å²) in [6.45, 7) is 5.94. The van der Waals surface area contributed by atoms with Crippen LogP contribution in [0.1, 0.15) is 48.5 Å². The molecular weight excluding hydrogens is 236 g/mol. The fourth-order valence-electron chi connectivity index (χ4n) is 2.83. The van der Waals surface area contributed by atoms with E-state index in [9.17, 15) is 4.79 Å². The van der Waals surface area contributed by atoms with Crippen molar-refractivity contribution in [3.05, 3.63) is 29.3 Å². The highest BCUT2D eigenvalue weighted by atomic mass is 16.2. The van der Waals surface area contributed by atoms with Crippen LogP contribution in [0.5, 0.6) is 0 Å². The van der Waals surface area contributed by atoms with Gasteiger partial charge in [0.2, 0.25) is 0 Å². The largest absolute Gasteiger partial charge is 0.378 e. The van der Waals surface area contributed by atoms with Crippen LogP contribution < -0.4 is 4.90 Å². The van der Waals surface area contributed by atoms with E-state index in [0.717, 1.165) is 31.5 Å². The van der Waals surface area contributed by atoms with Gasteiger partial charge in [0.1, 0.15) is 0 Å². The molecule has 3 heteroatoms. The van der Waals surface area contributed by atoms with Gasteiger partial charge in [0.15, 0.2) is 0 Å². The van der Waals surface area contributed by atoms with Gasteiger partial charge in [-0.25, -0.2) is 0 Å². The number of carbonyl (C=O) groups excluding carboxylic acids is 1. The van der Waals surface area contributed by atoms with E-state index in [1.165, 1.54) is 11.3 Å². The van der Waals surface area contributed by atoms with Gasteiger partial charge in [-0.05, 0) is 49.4 Å². The molecule has 3 nitrogen and oxygen atoms in total. The first-order chi connectivity index (χ1) is 9.08. The van der Waals surface area contributed by atoms with Crippen LogP contribution in [0.3, 0.4) is 0 Å². The normalized spacial score (nSPS) is 19.1. The monoisotopic (exact) mass is 260 g/mol. The SMILES string of the molecule is CCC1CCN(CC)C(=O)c2ccc(N(C)C)cc21. The molecule has 0 saturated heterocycles. The Hall–Kier alpha value is -1.51. The molecule has 0 aliphatic carbocycles. The zero-order chi connectivity index (χ0) is 14.0. The van der Waals surface area contributed by atoms with E-state index >= 15 is 0 Å². The maximum atomic E-state index is 12.5. The van der Waals surface area contributed by atoms with Gasteiger partial charge in [0, 0.05) is 38.4 Å². The summed E-state index contributed by atoms with van der Waals surface area (Å²) in [5.41, 5.74) is 3.31. The third-order valence-electron chi connectivity index (χ3n) is 4.13. The average molecular weight is 260 g/mol. The third kappa shape index (κ3) is 2.60. The molecule has 1 unspecified atom stereocenters. The standard InChI is InChI=1S/C16H24N2O/c1-5-12-9-10-18(6-2)16(19)14-8-7-13(17(3)4)11-15(12)14/h7-8,11-12H,5-6,9-10H2,1-4H3. The smallest absolute Gasteiger partial charge is 0.254 e. The molecule has 0 spiro atoms. The van der Waals surface area contributed by atoms with E-state index in [4.69, 9.17) is 0 Å². The lowest BCUT2D eigenvalue weighted by Gasteiger charge is -2.19. The molecule has 19 heavy (non-hydrogen) atoms. The summed E-state index contributed by atoms with van der Waals surface area (Å²) in [7, 11) is 4.08.